The number of phenols is 1. The Labute approximate surface area is 266 Å². The van der Waals surface area contributed by atoms with Crippen LogP contribution in [-0.4, -0.2) is 88.2 Å². The molecular weight excluding hydrogens is 592 g/mol. The number of hydrogen-bond donors (Lipinski definition) is 2. The summed E-state index contributed by atoms with van der Waals surface area (Å²) in [7, 11) is 2.15. The largest absolute Gasteiger partial charge is 0.508 e. The third-order valence-electron chi connectivity index (χ3n) is 9.94. The molecule has 3 aliphatic rings. The Bertz CT molecular complexity index is 1870. The second-order valence-electron chi connectivity index (χ2n) is 13.3. The highest BCUT2D eigenvalue weighted by Gasteiger charge is 2.48. The van der Waals surface area contributed by atoms with Crippen LogP contribution < -0.4 is 9.64 Å². The number of nitrogens with zero attached hydrogens (tertiary/aromatic N) is 5. The van der Waals surface area contributed by atoms with Crippen LogP contribution in [0.15, 0.2) is 30.5 Å². The molecule has 3 atom stereocenters. The fraction of sp³-hybridized carbons (Fsp3) is 0.457. The van der Waals surface area contributed by atoms with Crippen LogP contribution in [-0.2, 0) is 4.74 Å². The van der Waals surface area contributed by atoms with E-state index in [9.17, 15) is 14.6 Å². The van der Waals surface area contributed by atoms with Crippen LogP contribution in [0.3, 0.4) is 0 Å². The zero-order valence-corrected chi connectivity index (χ0v) is 26.0. The molecule has 2 aromatic carbocycles. The van der Waals surface area contributed by atoms with E-state index in [2.05, 4.69) is 27.8 Å². The van der Waals surface area contributed by atoms with Crippen LogP contribution in [0, 0.1) is 29.4 Å². The van der Waals surface area contributed by atoms with Gasteiger partial charge in [0.2, 0.25) is 0 Å². The Kier molecular flexibility index (Phi) is 7.70. The molecule has 2 N–H and O–H groups in total. The van der Waals surface area contributed by atoms with Gasteiger partial charge < -0.3 is 29.5 Å². The van der Waals surface area contributed by atoms with Gasteiger partial charge in [-0.1, -0.05) is 24.8 Å². The second-order valence-corrected chi connectivity index (χ2v) is 13.3. The van der Waals surface area contributed by atoms with Crippen molar-refractivity contribution in [1.82, 2.24) is 19.9 Å². The number of likely N-dealkylation sites (tertiary alicyclic amines) is 1. The van der Waals surface area contributed by atoms with E-state index in [1.165, 1.54) is 36.9 Å². The number of pyridine rings is 1. The quantitative estimate of drug-likeness (QED) is 0.294. The van der Waals surface area contributed by atoms with Gasteiger partial charge in [-0.3, -0.25) is 4.98 Å². The monoisotopic (exact) mass is 629 g/mol. The molecule has 2 saturated heterocycles. The zero-order valence-electron chi connectivity index (χ0n) is 26.0. The number of terminal acetylenes is 1. The number of aromatic hydroxyl groups is 1. The lowest BCUT2D eigenvalue weighted by atomic mass is 9.71. The lowest BCUT2D eigenvalue weighted by molar-refractivity contribution is -0.0123. The molecule has 0 spiro atoms. The first-order valence-corrected chi connectivity index (χ1v) is 15.8. The number of β-amino-alcohol motifs (C(OH)–C–C–N with tert-alkyl or cyclic N) is 1. The van der Waals surface area contributed by atoms with E-state index in [0.717, 1.165) is 32.2 Å². The van der Waals surface area contributed by atoms with Gasteiger partial charge in [0.15, 0.2) is 5.82 Å². The highest BCUT2D eigenvalue weighted by molar-refractivity contribution is 6.03. The van der Waals surface area contributed by atoms with Crippen LogP contribution in [0.1, 0.15) is 44.6 Å². The Morgan fingerprint density at radius 1 is 1.17 bits per heavy atom. The average Bonchev–Trinajstić information content (AvgIpc) is 3.26. The minimum Gasteiger partial charge on any atom is -0.508 e. The number of anilines is 1. The van der Waals surface area contributed by atoms with E-state index in [-0.39, 0.29) is 58.1 Å². The van der Waals surface area contributed by atoms with Gasteiger partial charge in [0.05, 0.1) is 37.3 Å². The summed E-state index contributed by atoms with van der Waals surface area (Å²) < 4.78 is 43.7. The molecule has 0 radical (unpaired) electrons. The van der Waals surface area contributed by atoms with E-state index in [4.69, 9.17) is 20.9 Å². The average molecular weight is 630 g/mol. The Hall–Kier alpha value is -4.11. The van der Waals surface area contributed by atoms with Gasteiger partial charge in [0, 0.05) is 35.1 Å². The van der Waals surface area contributed by atoms with Crippen molar-refractivity contribution >= 4 is 27.5 Å². The van der Waals surface area contributed by atoms with E-state index in [0.29, 0.717) is 42.4 Å². The maximum absolute atomic E-state index is 16.8. The first kappa shape index (κ1) is 30.5. The van der Waals surface area contributed by atoms with Crippen molar-refractivity contribution in [3.63, 3.8) is 0 Å². The normalized spacial score (nSPS) is 25.4. The summed E-state index contributed by atoms with van der Waals surface area (Å²) in [6.45, 7) is 4.11. The van der Waals surface area contributed by atoms with Crippen LogP contribution in [0.2, 0.25) is 0 Å². The number of ether oxygens (including phenoxy) is 2. The second kappa shape index (κ2) is 11.6. The number of hydrogen-bond acceptors (Lipinski definition) is 9. The van der Waals surface area contributed by atoms with Crippen molar-refractivity contribution in [2.24, 2.45) is 5.41 Å². The zero-order chi connectivity index (χ0) is 32.2. The van der Waals surface area contributed by atoms with Crippen molar-refractivity contribution in [2.75, 3.05) is 51.4 Å². The molecule has 2 aromatic heterocycles. The summed E-state index contributed by atoms with van der Waals surface area (Å²) in [5.74, 6) is 1.14. The van der Waals surface area contributed by atoms with Crippen molar-refractivity contribution < 1.29 is 28.5 Å². The number of aliphatic hydroxyl groups is 1. The predicted molar refractivity (Wildman–Crippen MR) is 171 cm³/mol. The number of halogens is 2. The molecule has 0 amide bonds. The molecule has 1 saturated carbocycles. The molecule has 240 valence electrons. The SMILES string of the molecule is C#Cc1c(F)ccc2cc(O)cc(-c3ncc4c(N5CCOCC(C)(O)C5)nc(OCC56CCCCC5N(C)CC6)nc4c3F)c12. The van der Waals surface area contributed by atoms with Gasteiger partial charge in [-0.05, 0) is 63.4 Å². The van der Waals surface area contributed by atoms with E-state index in [1.807, 2.05) is 4.90 Å². The van der Waals surface area contributed by atoms with E-state index in [1.54, 1.807) is 6.92 Å². The van der Waals surface area contributed by atoms with Crippen LogP contribution in [0.4, 0.5) is 14.6 Å². The van der Waals surface area contributed by atoms with Gasteiger partial charge in [0.1, 0.15) is 34.2 Å². The summed E-state index contributed by atoms with van der Waals surface area (Å²) in [5.41, 5.74) is -1.35. The van der Waals surface area contributed by atoms with Gasteiger partial charge in [-0.15, -0.1) is 6.42 Å². The fourth-order valence-electron chi connectivity index (χ4n) is 7.72. The minimum atomic E-state index is -1.18. The highest BCUT2D eigenvalue weighted by Crippen LogP contribution is 2.47. The predicted octanol–water partition coefficient (Wildman–Crippen LogP) is 5.04. The first-order chi connectivity index (χ1) is 22.1. The minimum absolute atomic E-state index is 0.0211. The van der Waals surface area contributed by atoms with Crippen molar-refractivity contribution in [3.8, 4) is 35.4 Å². The number of aromatic nitrogens is 3. The number of fused-ring (bicyclic) bond motifs is 3. The molecule has 2 aliphatic heterocycles. The molecule has 3 unspecified atom stereocenters. The molecule has 11 heteroatoms. The Morgan fingerprint density at radius 3 is 2.85 bits per heavy atom. The van der Waals surface area contributed by atoms with Gasteiger partial charge in [0.25, 0.3) is 0 Å². The standard InChI is InChI=1S/C35H37F2N5O4/c1-4-23-26(36)9-8-21-15-22(43)16-24(28(21)23)30-29(37)31-25(17-38-30)32(42-13-14-45-19-34(2,44)18-42)40-33(39-31)46-20-35-10-6-5-7-27(35)41(3)12-11-35/h1,8-9,15-17,27,43-44H,5-7,10-14,18-20H2,2-3H3. The molecule has 0 bridgehead atoms. The molecule has 4 aromatic rings. The Morgan fingerprint density at radius 2 is 2.02 bits per heavy atom. The van der Waals surface area contributed by atoms with Gasteiger partial charge >= 0.3 is 6.01 Å². The first-order valence-electron chi connectivity index (χ1n) is 15.8. The maximum atomic E-state index is 16.8. The summed E-state index contributed by atoms with van der Waals surface area (Å²) in [4.78, 5) is 18.1. The van der Waals surface area contributed by atoms with Crippen molar-refractivity contribution in [3.05, 3.63) is 47.7 Å². The third kappa shape index (κ3) is 5.28. The molecular formula is C35H37F2N5O4. The third-order valence-corrected chi connectivity index (χ3v) is 9.94. The topological polar surface area (TPSA) is 104 Å². The summed E-state index contributed by atoms with van der Waals surface area (Å²) in [6.07, 6.45) is 12.6. The van der Waals surface area contributed by atoms with Gasteiger partial charge in [-0.2, -0.15) is 9.97 Å². The van der Waals surface area contributed by atoms with Crippen LogP contribution in [0.25, 0.3) is 32.9 Å². The van der Waals surface area contributed by atoms with E-state index >= 15 is 4.39 Å². The van der Waals surface area contributed by atoms with Crippen LogP contribution >= 0.6 is 0 Å². The highest BCUT2D eigenvalue weighted by atomic mass is 19.1. The molecule has 4 heterocycles. The lowest BCUT2D eigenvalue weighted by Gasteiger charge is -2.40. The molecule has 7 rings (SSSR count). The number of rotatable bonds is 5. The van der Waals surface area contributed by atoms with Crippen LogP contribution in [0.5, 0.6) is 11.8 Å². The molecule has 1 aliphatic carbocycles. The maximum Gasteiger partial charge on any atom is 0.319 e. The molecule has 46 heavy (non-hydrogen) atoms. The number of benzene rings is 2. The summed E-state index contributed by atoms with van der Waals surface area (Å²) >= 11 is 0. The molecule has 3 fully saturated rings. The smallest absolute Gasteiger partial charge is 0.319 e. The molecule has 9 nitrogen and oxygen atoms in total. The van der Waals surface area contributed by atoms with Crippen molar-refractivity contribution in [2.45, 2.75) is 50.7 Å². The number of phenolic OH excluding ortho intramolecular Hbond substituents is 1. The fourth-order valence-corrected chi connectivity index (χ4v) is 7.72. The Balaban J connectivity index is 1.39. The summed E-state index contributed by atoms with van der Waals surface area (Å²) in [6, 6.07) is 5.87. The lowest BCUT2D eigenvalue weighted by Crippen LogP contribution is -2.44. The van der Waals surface area contributed by atoms with Gasteiger partial charge in [-0.25, -0.2) is 8.78 Å². The van der Waals surface area contributed by atoms with E-state index < -0.39 is 17.2 Å². The van der Waals surface area contributed by atoms with Crippen molar-refractivity contribution in [1.29, 1.82) is 0 Å². The summed E-state index contributed by atoms with van der Waals surface area (Å²) in [5, 5.41) is 22.5.